The van der Waals surface area contributed by atoms with Crippen LogP contribution in [-0.4, -0.2) is 47.4 Å². The molecule has 3 rings (SSSR count). The Bertz CT molecular complexity index is 1000. The van der Waals surface area contributed by atoms with Gasteiger partial charge in [-0.3, -0.25) is 0 Å². The Morgan fingerprint density at radius 2 is 1.52 bits per heavy atom. The summed E-state index contributed by atoms with van der Waals surface area (Å²) in [6.45, 7) is 0.958. The highest BCUT2D eigenvalue weighted by Crippen LogP contribution is 2.19. The second-order valence-electron chi connectivity index (χ2n) is 5.90. The fraction of sp³-hybridized carbons (Fsp3) is 0.294. The zero-order chi connectivity index (χ0) is 19.5. The number of nitrogens with zero attached hydrogens (tertiary/aromatic N) is 1. The number of rotatable bonds is 6. The maximum Gasteiger partial charge on any atom is 0.243 e. The Kier molecular flexibility index (Phi) is 5.92. The summed E-state index contributed by atoms with van der Waals surface area (Å²) in [4.78, 5) is -0.0859. The van der Waals surface area contributed by atoms with Gasteiger partial charge in [-0.25, -0.2) is 25.9 Å². The van der Waals surface area contributed by atoms with Gasteiger partial charge < -0.3 is 4.74 Å². The highest BCUT2D eigenvalue weighted by atomic mass is 32.2. The summed E-state index contributed by atoms with van der Waals surface area (Å²) in [6.07, 6.45) is 0. The minimum absolute atomic E-state index is 0.0115. The zero-order valence-corrected chi connectivity index (χ0v) is 16.0. The van der Waals surface area contributed by atoms with E-state index in [1.54, 1.807) is 6.07 Å². The summed E-state index contributed by atoms with van der Waals surface area (Å²) < 4.78 is 72.2. The minimum Gasteiger partial charge on any atom is -0.379 e. The van der Waals surface area contributed by atoms with E-state index in [9.17, 15) is 21.2 Å². The van der Waals surface area contributed by atoms with E-state index in [0.29, 0.717) is 13.2 Å². The Labute approximate surface area is 157 Å². The van der Waals surface area contributed by atoms with Crippen molar-refractivity contribution in [2.45, 2.75) is 16.3 Å². The quantitative estimate of drug-likeness (QED) is 0.770. The third-order valence-corrected chi connectivity index (χ3v) is 7.48. The molecule has 7 nitrogen and oxygen atoms in total. The standard InChI is InChI=1S/C17H19FN2O5S2/c18-17-4-2-1-3-14(17)13-19-26(21,22)15-5-7-16(8-6-15)27(23,24)20-9-11-25-12-10-20/h1-8,19H,9-13H2. The first-order valence-corrected chi connectivity index (χ1v) is 11.1. The number of sulfonamides is 2. The predicted octanol–water partition coefficient (Wildman–Crippen LogP) is 1.33. The van der Waals surface area contributed by atoms with Gasteiger partial charge in [-0.15, -0.1) is 0 Å². The molecule has 1 aliphatic heterocycles. The van der Waals surface area contributed by atoms with Gasteiger partial charge in [0.25, 0.3) is 0 Å². The van der Waals surface area contributed by atoms with Crippen LogP contribution in [0.3, 0.4) is 0 Å². The molecule has 1 saturated heterocycles. The molecule has 0 spiro atoms. The van der Waals surface area contributed by atoms with Gasteiger partial charge in [-0.1, -0.05) is 18.2 Å². The molecule has 1 fully saturated rings. The van der Waals surface area contributed by atoms with Crippen molar-refractivity contribution in [1.29, 1.82) is 0 Å². The number of halogens is 1. The third-order valence-electron chi connectivity index (χ3n) is 4.15. The van der Waals surface area contributed by atoms with Gasteiger partial charge in [0.15, 0.2) is 0 Å². The molecule has 1 aliphatic rings. The maximum absolute atomic E-state index is 13.6. The highest BCUT2D eigenvalue weighted by Gasteiger charge is 2.26. The monoisotopic (exact) mass is 414 g/mol. The lowest BCUT2D eigenvalue weighted by molar-refractivity contribution is 0.0730. The molecule has 2 aromatic carbocycles. The SMILES string of the molecule is O=S(=O)(NCc1ccccc1F)c1ccc(S(=O)(=O)N2CCOCC2)cc1. The van der Waals surface area contributed by atoms with E-state index < -0.39 is 25.9 Å². The van der Waals surface area contributed by atoms with Crippen LogP contribution in [0.25, 0.3) is 0 Å². The van der Waals surface area contributed by atoms with Gasteiger partial charge >= 0.3 is 0 Å². The number of hydrogen-bond donors (Lipinski definition) is 1. The molecule has 0 amide bonds. The van der Waals surface area contributed by atoms with Crippen molar-refractivity contribution in [1.82, 2.24) is 9.03 Å². The van der Waals surface area contributed by atoms with Crippen LogP contribution in [0, 0.1) is 5.82 Å². The summed E-state index contributed by atoms with van der Waals surface area (Å²) >= 11 is 0. The fourth-order valence-electron chi connectivity index (χ4n) is 2.62. The molecule has 146 valence electrons. The number of benzene rings is 2. The van der Waals surface area contributed by atoms with E-state index >= 15 is 0 Å². The Morgan fingerprint density at radius 1 is 0.926 bits per heavy atom. The van der Waals surface area contributed by atoms with Gasteiger partial charge in [-0.2, -0.15) is 4.31 Å². The number of ether oxygens (including phenoxy) is 1. The lowest BCUT2D eigenvalue weighted by atomic mass is 10.2. The average Bonchev–Trinajstić information content (AvgIpc) is 2.68. The van der Waals surface area contributed by atoms with E-state index in [0.717, 1.165) is 0 Å². The molecule has 27 heavy (non-hydrogen) atoms. The summed E-state index contributed by atoms with van der Waals surface area (Å²) in [6, 6.07) is 10.8. The van der Waals surface area contributed by atoms with E-state index in [1.807, 2.05) is 0 Å². The Morgan fingerprint density at radius 3 is 2.15 bits per heavy atom. The fourth-order valence-corrected chi connectivity index (χ4v) is 5.04. The normalized spacial score (nSPS) is 16.3. The molecule has 0 saturated carbocycles. The van der Waals surface area contributed by atoms with E-state index in [-0.39, 0.29) is 35.0 Å². The van der Waals surface area contributed by atoms with Crippen LogP contribution in [0.2, 0.25) is 0 Å². The van der Waals surface area contributed by atoms with E-state index in [1.165, 1.54) is 46.8 Å². The van der Waals surface area contributed by atoms with Gasteiger partial charge in [0, 0.05) is 25.2 Å². The predicted molar refractivity (Wildman–Crippen MR) is 96.4 cm³/mol. The molecule has 0 bridgehead atoms. The first-order valence-electron chi connectivity index (χ1n) is 8.22. The smallest absolute Gasteiger partial charge is 0.243 e. The van der Waals surface area contributed by atoms with Crippen molar-refractivity contribution in [3.05, 3.63) is 59.9 Å². The molecule has 0 unspecified atom stereocenters. The van der Waals surface area contributed by atoms with Crippen LogP contribution in [-0.2, 0) is 31.3 Å². The molecule has 0 aromatic heterocycles. The second kappa shape index (κ2) is 8.03. The summed E-state index contributed by atoms with van der Waals surface area (Å²) in [5, 5.41) is 0. The molecule has 1 heterocycles. The second-order valence-corrected chi connectivity index (χ2v) is 9.61. The van der Waals surface area contributed by atoms with Crippen LogP contribution in [0.15, 0.2) is 58.3 Å². The van der Waals surface area contributed by atoms with Gasteiger partial charge in [0.05, 0.1) is 23.0 Å². The number of hydrogen-bond acceptors (Lipinski definition) is 5. The minimum atomic E-state index is -3.91. The van der Waals surface area contributed by atoms with Crippen molar-refractivity contribution < 1.29 is 26.0 Å². The maximum atomic E-state index is 13.6. The number of morpholine rings is 1. The van der Waals surface area contributed by atoms with Crippen molar-refractivity contribution >= 4 is 20.0 Å². The van der Waals surface area contributed by atoms with Crippen LogP contribution >= 0.6 is 0 Å². The van der Waals surface area contributed by atoms with Crippen LogP contribution in [0.1, 0.15) is 5.56 Å². The van der Waals surface area contributed by atoms with Crippen molar-refractivity contribution in [3.63, 3.8) is 0 Å². The highest BCUT2D eigenvalue weighted by molar-refractivity contribution is 7.89. The summed E-state index contributed by atoms with van der Waals surface area (Å²) in [7, 11) is -7.60. The molecule has 1 N–H and O–H groups in total. The molecule has 2 aromatic rings. The van der Waals surface area contributed by atoms with Gasteiger partial charge in [0.1, 0.15) is 5.82 Å². The molecule has 10 heteroatoms. The first-order chi connectivity index (χ1) is 12.8. The number of nitrogens with one attached hydrogen (secondary N) is 1. The summed E-state index contributed by atoms with van der Waals surface area (Å²) in [5.41, 5.74) is 0.215. The topological polar surface area (TPSA) is 92.8 Å². The lowest BCUT2D eigenvalue weighted by Gasteiger charge is -2.26. The average molecular weight is 414 g/mol. The third kappa shape index (κ3) is 4.53. The van der Waals surface area contributed by atoms with Gasteiger partial charge in [-0.05, 0) is 30.3 Å². The molecular formula is C17H19FN2O5S2. The van der Waals surface area contributed by atoms with Crippen molar-refractivity contribution in [2.24, 2.45) is 0 Å². The van der Waals surface area contributed by atoms with E-state index in [2.05, 4.69) is 4.72 Å². The molecular weight excluding hydrogens is 395 g/mol. The largest absolute Gasteiger partial charge is 0.379 e. The van der Waals surface area contributed by atoms with Crippen LogP contribution in [0.5, 0.6) is 0 Å². The van der Waals surface area contributed by atoms with Crippen LogP contribution < -0.4 is 4.72 Å². The van der Waals surface area contributed by atoms with Crippen molar-refractivity contribution in [3.8, 4) is 0 Å². The Hall–Kier alpha value is -1.85. The van der Waals surface area contributed by atoms with Crippen LogP contribution in [0.4, 0.5) is 4.39 Å². The van der Waals surface area contributed by atoms with Gasteiger partial charge in [0.2, 0.25) is 20.0 Å². The van der Waals surface area contributed by atoms with Crippen molar-refractivity contribution in [2.75, 3.05) is 26.3 Å². The Balaban J connectivity index is 1.75. The zero-order valence-electron chi connectivity index (χ0n) is 14.3. The molecule has 0 atom stereocenters. The molecule has 0 aliphatic carbocycles. The summed E-state index contributed by atoms with van der Waals surface area (Å²) in [5.74, 6) is -0.507. The lowest BCUT2D eigenvalue weighted by Crippen LogP contribution is -2.40. The van der Waals surface area contributed by atoms with E-state index in [4.69, 9.17) is 4.74 Å². The molecule has 0 radical (unpaired) electrons. The first kappa shape index (κ1) is 19.9.